The van der Waals surface area contributed by atoms with Gasteiger partial charge in [-0.05, 0) is 38.3 Å². The smallest absolute Gasteiger partial charge is 0.230 e. The summed E-state index contributed by atoms with van der Waals surface area (Å²) in [5.74, 6) is 0.982. The molecule has 29 heavy (non-hydrogen) atoms. The number of aryl methyl sites for hydroxylation is 1. The van der Waals surface area contributed by atoms with Gasteiger partial charge in [0, 0.05) is 44.5 Å². The first-order valence-electron chi connectivity index (χ1n) is 10.1. The summed E-state index contributed by atoms with van der Waals surface area (Å²) in [6.45, 7) is 3.47. The zero-order valence-electron chi connectivity index (χ0n) is 17.7. The van der Waals surface area contributed by atoms with Crippen molar-refractivity contribution in [1.29, 1.82) is 0 Å². The summed E-state index contributed by atoms with van der Waals surface area (Å²) in [4.78, 5) is 25.9. The van der Waals surface area contributed by atoms with Crippen molar-refractivity contribution in [1.82, 2.24) is 20.5 Å². The zero-order valence-corrected chi connectivity index (χ0v) is 19.4. The van der Waals surface area contributed by atoms with Crippen molar-refractivity contribution < 1.29 is 4.79 Å². The number of thiazole rings is 1. The summed E-state index contributed by atoms with van der Waals surface area (Å²) >= 11 is 3.48. The Hall–Kier alpha value is -1.93. The van der Waals surface area contributed by atoms with Gasteiger partial charge in [-0.1, -0.05) is 12.8 Å². The predicted octanol–water partition coefficient (Wildman–Crippen LogP) is 3.54. The monoisotopic (exact) mass is 433 g/mol. The topological polar surface area (TPSA) is 69.6 Å². The molecule has 0 aliphatic heterocycles. The number of thiophene rings is 1. The van der Waals surface area contributed by atoms with Crippen molar-refractivity contribution in [2.75, 3.05) is 34.2 Å². The van der Waals surface area contributed by atoms with E-state index in [1.807, 2.05) is 21.0 Å². The van der Waals surface area contributed by atoms with Crippen LogP contribution in [0.4, 0.5) is 0 Å². The zero-order chi connectivity index (χ0) is 20.9. The lowest BCUT2D eigenvalue weighted by Crippen LogP contribution is -2.49. The second kappa shape index (κ2) is 9.71. The van der Waals surface area contributed by atoms with Crippen molar-refractivity contribution >= 4 is 34.5 Å². The maximum atomic E-state index is 12.7. The molecular formula is C21H31N5OS2. The van der Waals surface area contributed by atoms with Crippen LogP contribution in [0.25, 0.3) is 10.6 Å². The van der Waals surface area contributed by atoms with Crippen molar-refractivity contribution in [3.8, 4) is 10.6 Å². The molecule has 8 heteroatoms. The molecule has 0 bridgehead atoms. The van der Waals surface area contributed by atoms with Gasteiger partial charge in [0.1, 0.15) is 0 Å². The average molecular weight is 434 g/mol. The molecule has 2 aromatic heterocycles. The Kier molecular flexibility index (Phi) is 7.29. The summed E-state index contributed by atoms with van der Waals surface area (Å²) in [6.07, 6.45) is 5.05. The molecule has 1 aliphatic rings. The number of hydrogen-bond donors (Lipinski definition) is 2. The molecule has 0 aromatic carbocycles. The fraction of sp³-hybridized carbons (Fsp3) is 0.571. The molecule has 1 aliphatic carbocycles. The Balaban J connectivity index is 1.49. The SMILES string of the molecule is CN=C(NCCc1ccc(-c2csc(C)n2)s1)NCC1(C(=O)N(C)C)CCCC1. The van der Waals surface area contributed by atoms with Gasteiger partial charge in [0.25, 0.3) is 0 Å². The molecule has 0 radical (unpaired) electrons. The third-order valence-corrected chi connectivity index (χ3v) is 7.38. The Morgan fingerprint density at radius 3 is 2.66 bits per heavy atom. The van der Waals surface area contributed by atoms with E-state index in [4.69, 9.17) is 0 Å². The standard InChI is InChI=1S/C21H31N5OS2/c1-15-25-17(13-28-15)18-8-7-16(29-18)9-12-23-20(22-2)24-14-21(10-5-6-11-21)19(27)26(3)4/h7-8,13H,5-6,9-12,14H2,1-4H3,(H2,22,23,24). The number of aromatic nitrogens is 1. The van der Waals surface area contributed by atoms with E-state index in [9.17, 15) is 4.79 Å². The summed E-state index contributed by atoms with van der Waals surface area (Å²) in [5, 5.41) is 9.99. The number of nitrogens with one attached hydrogen (secondary N) is 2. The lowest BCUT2D eigenvalue weighted by Gasteiger charge is -2.31. The largest absolute Gasteiger partial charge is 0.356 e. The Labute approximate surface area is 181 Å². The van der Waals surface area contributed by atoms with E-state index in [1.54, 1.807) is 34.6 Å². The number of carbonyl (C=O) groups is 1. The van der Waals surface area contributed by atoms with Crippen LogP contribution in [0.3, 0.4) is 0 Å². The van der Waals surface area contributed by atoms with Gasteiger partial charge < -0.3 is 15.5 Å². The molecule has 3 rings (SSSR count). The molecule has 2 heterocycles. The second-order valence-electron chi connectivity index (χ2n) is 7.81. The number of hydrogen-bond acceptors (Lipinski definition) is 5. The van der Waals surface area contributed by atoms with Gasteiger partial charge in [0.15, 0.2) is 5.96 Å². The summed E-state index contributed by atoms with van der Waals surface area (Å²) in [6, 6.07) is 4.33. The van der Waals surface area contributed by atoms with Crippen molar-refractivity contribution in [3.05, 3.63) is 27.4 Å². The first kappa shape index (κ1) is 21.8. The summed E-state index contributed by atoms with van der Waals surface area (Å²) in [7, 11) is 5.47. The Morgan fingerprint density at radius 2 is 2.03 bits per heavy atom. The number of nitrogens with zero attached hydrogens (tertiary/aromatic N) is 3. The molecule has 6 nitrogen and oxygen atoms in total. The molecule has 0 atom stereocenters. The van der Waals surface area contributed by atoms with E-state index in [0.29, 0.717) is 6.54 Å². The predicted molar refractivity (Wildman–Crippen MR) is 123 cm³/mol. The van der Waals surface area contributed by atoms with E-state index in [1.165, 1.54) is 9.75 Å². The molecule has 2 N–H and O–H groups in total. The third kappa shape index (κ3) is 5.36. The van der Waals surface area contributed by atoms with Crippen LogP contribution in [-0.2, 0) is 11.2 Å². The highest BCUT2D eigenvalue weighted by Crippen LogP contribution is 2.38. The van der Waals surface area contributed by atoms with Gasteiger partial charge in [-0.15, -0.1) is 22.7 Å². The van der Waals surface area contributed by atoms with Gasteiger partial charge in [-0.25, -0.2) is 4.98 Å². The molecule has 158 valence electrons. The Morgan fingerprint density at radius 1 is 1.28 bits per heavy atom. The van der Waals surface area contributed by atoms with Crippen LogP contribution >= 0.6 is 22.7 Å². The minimum absolute atomic E-state index is 0.223. The fourth-order valence-electron chi connectivity index (χ4n) is 3.90. The normalized spacial score (nSPS) is 16.1. The van der Waals surface area contributed by atoms with Crippen LogP contribution in [-0.4, -0.2) is 56.0 Å². The highest BCUT2D eigenvalue weighted by atomic mass is 32.1. The lowest BCUT2D eigenvalue weighted by atomic mass is 9.84. The van der Waals surface area contributed by atoms with Crippen molar-refractivity contribution in [3.63, 3.8) is 0 Å². The minimum Gasteiger partial charge on any atom is -0.356 e. The van der Waals surface area contributed by atoms with Gasteiger partial charge >= 0.3 is 0 Å². The highest BCUT2D eigenvalue weighted by Gasteiger charge is 2.42. The Bertz CT molecular complexity index is 849. The molecular weight excluding hydrogens is 402 g/mol. The molecule has 0 unspecified atom stereocenters. The highest BCUT2D eigenvalue weighted by molar-refractivity contribution is 7.16. The lowest BCUT2D eigenvalue weighted by molar-refractivity contribution is -0.138. The van der Waals surface area contributed by atoms with Crippen molar-refractivity contribution in [2.24, 2.45) is 10.4 Å². The van der Waals surface area contributed by atoms with Gasteiger partial charge in [-0.3, -0.25) is 9.79 Å². The van der Waals surface area contributed by atoms with Crippen LogP contribution in [0, 0.1) is 12.3 Å². The molecule has 0 saturated heterocycles. The van der Waals surface area contributed by atoms with E-state index in [2.05, 4.69) is 38.1 Å². The van der Waals surface area contributed by atoms with E-state index in [0.717, 1.165) is 55.3 Å². The third-order valence-electron chi connectivity index (χ3n) is 5.44. The van der Waals surface area contributed by atoms with Crippen LogP contribution in [0.2, 0.25) is 0 Å². The molecule has 1 saturated carbocycles. The van der Waals surface area contributed by atoms with Gasteiger partial charge in [0.05, 0.1) is 21.0 Å². The molecule has 0 spiro atoms. The second-order valence-corrected chi connectivity index (χ2v) is 10.0. The van der Waals surface area contributed by atoms with E-state index in [-0.39, 0.29) is 11.3 Å². The average Bonchev–Trinajstić information content (AvgIpc) is 3.45. The maximum Gasteiger partial charge on any atom is 0.230 e. The molecule has 1 fully saturated rings. The van der Waals surface area contributed by atoms with Gasteiger partial charge in [0.2, 0.25) is 5.91 Å². The number of carbonyl (C=O) groups excluding carboxylic acids is 1. The van der Waals surface area contributed by atoms with Gasteiger partial charge in [-0.2, -0.15) is 0 Å². The van der Waals surface area contributed by atoms with Crippen LogP contribution < -0.4 is 10.6 Å². The number of rotatable bonds is 7. The van der Waals surface area contributed by atoms with Crippen molar-refractivity contribution in [2.45, 2.75) is 39.0 Å². The number of aliphatic imine (C=N–C) groups is 1. The first-order chi connectivity index (χ1) is 13.9. The number of amides is 1. The van der Waals surface area contributed by atoms with Crippen LogP contribution in [0.5, 0.6) is 0 Å². The molecule has 1 amide bonds. The molecule has 2 aromatic rings. The summed E-state index contributed by atoms with van der Waals surface area (Å²) in [5.41, 5.74) is 0.775. The number of guanidine groups is 1. The maximum absolute atomic E-state index is 12.7. The van der Waals surface area contributed by atoms with E-state index < -0.39 is 0 Å². The van der Waals surface area contributed by atoms with Crippen LogP contribution in [0.15, 0.2) is 22.5 Å². The quantitative estimate of drug-likeness (QED) is 0.518. The minimum atomic E-state index is -0.296. The first-order valence-corrected chi connectivity index (χ1v) is 11.8. The summed E-state index contributed by atoms with van der Waals surface area (Å²) < 4.78 is 0. The fourth-order valence-corrected chi connectivity index (χ4v) is 5.55. The van der Waals surface area contributed by atoms with E-state index >= 15 is 0 Å². The van der Waals surface area contributed by atoms with Crippen LogP contribution in [0.1, 0.15) is 35.6 Å².